The van der Waals surface area contributed by atoms with Crippen LogP contribution in [0.25, 0.3) is 0 Å². The molecule has 0 saturated carbocycles. The Morgan fingerprint density at radius 2 is 1.94 bits per heavy atom. The van der Waals surface area contributed by atoms with Gasteiger partial charge < -0.3 is 10.4 Å². The van der Waals surface area contributed by atoms with E-state index in [1.165, 1.54) is 4.88 Å². The fourth-order valence-corrected chi connectivity index (χ4v) is 2.37. The van der Waals surface area contributed by atoms with Crippen molar-refractivity contribution in [2.45, 2.75) is 33.1 Å². The number of nitrogens with one attached hydrogen (secondary N) is 1. The SMILES string of the molecule is CC(C)(CO)CNCC(C)(C)c1cccs1. The van der Waals surface area contributed by atoms with Crippen molar-refractivity contribution in [3.63, 3.8) is 0 Å². The molecule has 0 atom stereocenters. The van der Waals surface area contributed by atoms with Gasteiger partial charge in [0.15, 0.2) is 0 Å². The topological polar surface area (TPSA) is 32.3 Å². The lowest BCUT2D eigenvalue weighted by Gasteiger charge is -2.28. The van der Waals surface area contributed by atoms with Crippen LogP contribution in [0.5, 0.6) is 0 Å². The average Bonchev–Trinajstić information content (AvgIpc) is 2.70. The zero-order valence-electron chi connectivity index (χ0n) is 10.7. The second-order valence-corrected chi connectivity index (χ2v) is 6.73. The molecule has 16 heavy (non-hydrogen) atoms. The highest BCUT2D eigenvalue weighted by molar-refractivity contribution is 7.10. The lowest BCUT2D eigenvalue weighted by Crippen LogP contribution is -2.39. The van der Waals surface area contributed by atoms with Crippen LogP contribution in [-0.2, 0) is 5.41 Å². The lowest BCUT2D eigenvalue weighted by atomic mass is 9.90. The van der Waals surface area contributed by atoms with Gasteiger partial charge in [-0.2, -0.15) is 0 Å². The first kappa shape index (κ1) is 13.7. The van der Waals surface area contributed by atoms with Crippen molar-refractivity contribution in [1.29, 1.82) is 0 Å². The summed E-state index contributed by atoms with van der Waals surface area (Å²) in [4.78, 5) is 1.40. The first-order valence-corrected chi connectivity index (χ1v) is 6.61. The molecule has 0 aliphatic rings. The first-order chi connectivity index (χ1) is 7.37. The van der Waals surface area contributed by atoms with Crippen molar-refractivity contribution in [3.05, 3.63) is 22.4 Å². The molecule has 3 heteroatoms. The molecule has 0 amide bonds. The Morgan fingerprint density at radius 1 is 1.25 bits per heavy atom. The van der Waals surface area contributed by atoms with Crippen LogP contribution < -0.4 is 5.32 Å². The standard InChI is InChI=1S/C13H23NOS/c1-12(2,10-15)8-14-9-13(3,4)11-6-5-7-16-11/h5-7,14-15H,8-10H2,1-4H3. The summed E-state index contributed by atoms with van der Waals surface area (Å²) in [6.07, 6.45) is 0. The van der Waals surface area contributed by atoms with E-state index in [9.17, 15) is 0 Å². The summed E-state index contributed by atoms with van der Waals surface area (Å²) < 4.78 is 0. The van der Waals surface area contributed by atoms with Crippen LogP contribution in [0.4, 0.5) is 0 Å². The fourth-order valence-electron chi connectivity index (χ4n) is 1.52. The molecule has 2 N–H and O–H groups in total. The van der Waals surface area contributed by atoms with Crippen LogP contribution in [0.2, 0.25) is 0 Å². The molecule has 1 heterocycles. The Balaban J connectivity index is 2.43. The van der Waals surface area contributed by atoms with Crippen LogP contribution in [0.3, 0.4) is 0 Å². The van der Waals surface area contributed by atoms with Gasteiger partial charge in [-0.3, -0.25) is 0 Å². The van der Waals surface area contributed by atoms with E-state index in [1.807, 2.05) is 0 Å². The van der Waals surface area contributed by atoms with Crippen LogP contribution >= 0.6 is 11.3 Å². The Hall–Kier alpha value is -0.380. The minimum absolute atomic E-state index is 0.0362. The quantitative estimate of drug-likeness (QED) is 0.802. The van der Waals surface area contributed by atoms with Gasteiger partial charge in [0.05, 0.1) is 0 Å². The van der Waals surface area contributed by atoms with Crippen molar-refractivity contribution in [3.8, 4) is 0 Å². The number of rotatable bonds is 6. The molecule has 0 bridgehead atoms. The van der Waals surface area contributed by atoms with Gasteiger partial charge >= 0.3 is 0 Å². The van der Waals surface area contributed by atoms with Crippen LogP contribution in [0.1, 0.15) is 32.6 Å². The van der Waals surface area contributed by atoms with E-state index in [-0.39, 0.29) is 17.4 Å². The van der Waals surface area contributed by atoms with Gasteiger partial charge in [-0.15, -0.1) is 11.3 Å². The Morgan fingerprint density at radius 3 is 2.44 bits per heavy atom. The third kappa shape index (κ3) is 3.89. The first-order valence-electron chi connectivity index (χ1n) is 5.73. The molecule has 1 rings (SSSR count). The summed E-state index contributed by atoms with van der Waals surface area (Å²) in [6, 6.07) is 4.28. The maximum absolute atomic E-state index is 9.17. The molecule has 0 radical (unpaired) electrons. The summed E-state index contributed by atoms with van der Waals surface area (Å²) in [5.74, 6) is 0. The van der Waals surface area contributed by atoms with Crippen LogP contribution in [-0.4, -0.2) is 24.8 Å². The number of hydrogen-bond donors (Lipinski definition) is 2. The van der Waals surface area contributed by atoms with Gasteiger partial charge in [0, 0.05) is 35.4 Å². The summed E-state index contributed by atoms with van der Waals surface area (Å²) in [5.41, 5.74) is 0.130. The van der Waals surface area contributed by atoms with Crippen molar-refractivity contribution in [2.75, 3.05) is 19.7 Å². The molecular weight excluding hydrogens is 218 g/mol. The molecule has 92 valence electrons. The van der Waals surface area contributed by atoms with E-state index < -0.39 is 0 Å². The van der Waals surface area contributed by atoms with Gasteiger partial charge in [0.1, 0.15) is 0 Å². The van der Waals surface area contributed by atoms with Gasteiger partial charge in [0.25, 0.3) is 0 Å². The lowest BCUT2D eigenvalue weighted by molar-refractivity contribution is 0.155. The molecular formula is C13H23NOS. The summed E-state index contributed by atoms with van der Waals surface area (Å²) in [6.45, 7) is 10.6. The third-order valence-corrected chi connectivity index (χ3v) is 4.02. The highest BCUT2D eigenvalue weighted by atomic mass is 32.1. The molecule has 0 fully saturated rings. The average molecular weight is 241 g/mol. The zero-order chi connectivity index (χ0) is 12.2. The molecule has 1 aromatic rings. The second kappa shape index (κ2) is 5.30. The molecule has 0 aliphatic heterocycles. The van der Waals surface area contributed by atoms with Gasteiger partial charge in [-0.1, -0.05) is 33.8 Å². The monoisotopic (exact) mass is 241 g/mol. The third-order valence-electron chi connectivity index (χ3n) is 2.79. The summed E-state index contributed by atoms with van der Waals surface area (Å²) >= 11 is 1.80. The number of hydrogen-bond acceptors (Lipinski definition) is 3. The Kier molecular flexibility index (Phi) is 4.53. The molecule has 0 unspecified atom stereocenters. The summed E-state index contributed by atoms with van der Waals surface area (Å²) in [5, 5.41) is 14.7. The fraction of sp³-hybridized carbons (Fsp3) is 0.692. The van der Waals surface area contributed by atoms with Crippen molar-refractivity contribution >= 4 is 11.3 Å². The van der Waals surface area contributed by atoms with E-state index in [0.717, 1.165) is 13.1 Å². The van der Waals surface area contributed by atoms with E-state index >= 15 is 0 Å². The highest BCUT2D eigenvalue weighted by Gasteiger charge is 2.23. The number of aliphatic hydroxyl groups is 1. The molecule has 0 aromatic carbocycles. The normalized spacial score (nSPS) is 13.1. The van der Waals surface area contributed by atoms with E-state index in [4.69, 9.17) is 5.11 Å². The van der Waals surface area contributed by atoms with Gasteiger partial charge in [-0.05, 0) is 11.4 Å². The molecule has 2 nitrogen and oxygen atoms in total. The smallest absolute Gasteiger partial charge is 0.0494 e. The highest BCUT2D eigenvalue weighted by Crippen LogP contribution is 2.26. The zero-order valence-corrected chi connectivity index (χ0v) is 11.5. The minimum atomic E-state index is -0.0362. The van der Waals surface area contributed by atoms with E-state index in [2.05, 4.69) is 50.5 Å². The predicted molar refractivity (Wildman–Crippen MR) is 71.1 cm³/mol. The van der Waals surface area contributed by atoms with Crippen molar-refractivity contribution in [1.82, 2.24) is 5.32 Å². The molecule has 0 aliphatic carbocycles. The van der Waals surface area contributed by atoms with Gasteiger partial charge in [-0.25, -0.2) is 0 Å². The Bertz CT molecular complexity index is 304. The summed E-state index contributed by atoms with van der Waals surface area (Å²) in [7, 11) is 0. The maximum atomic E-state index is 9.17. The van der Waals surface area contributed by atoms with E-state index in [0.29, 0.717) is 0 Å². The van der Waals surface area contributed by atoms with Crippen molar-refractivity contribution < 1.29 is 5.11 Å². The van der Waals surface area contributed by atoms with Gasteiger partial charge in [0.2, 0.25) is 0 Å². The molecule has 0 spiro atoms. The number of aliphatic hydroxyl groups excluding tert-OH is 1. The largest absolute Gasteiger partial charge is 0.396 e. The Labute approximate surface area is 103 Å². The second-order valence-electron chi connectivity index (χ2n) is 5.79. The van der Waals surface area contributed by atoms with Crippen LogP contribution in [0.15, 0.2) is 17.5 Å². The van der Waals surface area contributed by atoms with Crippen LogP contribution in [0, 0.1) is 5.41 Å². The maximum Gasteiger partial charge on any atom is 0.0494 e. The molecule has 0 saturated heterocycles. The number of thiophene rings is 1. The van der Waals surface area contributed by atoms with E-state index in [1.54, 1.807) is 11.3 Å². The molecule has 1 aromatic heterocycles. The predicted octanol–water partition coefficient (Wildman–Crippen LogP) is 2.63. The van der Waals surface area contributed by atoms with Crippen molar-refractivity contribution in [2.24, 2.45) is 5.41 Å². The minimum Gasteiger partial charge on any atom is -0.396 e.